The Morgan fingerprint density at radius 2 is 1.53 bits per heavy atom. The first-order valence-corrected chi connectivity index (χ1v) is 16.1. The van der Waals surface area contributed by atoms with Crippen LogP contribution in [0.1, 0.15) is 82.3 Å². The van der Waals surface area contributed by atoms with E-state index in [4.69, 9.17) is 14.2 Å². The monoisotopic (exact) mass is 584 g/mol. The highest BCUT2D eigenvalue weighted by molar-refractivity contribution is 5.81. The molecule has 4 rings (SSSR count). The van der Waals surface area contributed by atoms with E-state index in [0.29, 0.717) is 17.4 Å². The minimum atomic E-state index is -0.490. The molecule has 0 aromatic heterocycles. The Kier molecular flexibility index (Phi) is 12.7. The van der Waals surface area contributed by atoms with E-state index in [2.05, 4.69) is 62.9 Å². The van der Waals surface area contributed by atoms with Crippen molar-refractivity contribution in [1.82, 2.24) is 0 Å². The lowest BCUT2D eigenvalue weighted by atomic mass is 9.77. The largest absolute Gasteiger partial charge is 0.487 e. The van der Waals surface area contributed by atoms with E-state index >= 15 is 0 Å². The molecular formula is C38H48O5. The topological polar surface area (TPSA) is 65.0 Å². The van der Waals surface area contributed by atoms with Gasteiger partial charge in [-0.2, -0.15) is 0 Å². The summed E-state index contributed by atoms with van der Waals surface area (Å²) in [5.41, 5.74) is 7.38. The van der Waals surface area contributed by atoms with Gasteiger partial charge in [0.15, 0.2) is 11.5 Å². The number of hydrogen-bond acceptors (Lipinski definition) is 5. The molecule has 0 saturated heterocycles. The van der Waals surface area contributed by atoms with Crippen LogP contribution in [-0.2, 0) is 16.0 Å². The van der Waals surface area contributed by atoms with Gasteiger partial charge >= 0.3 is 5.97 Å². The van der Waals surface area contributed by atoms with E-state index in [-0.39, 0.29) is 26.4 Å². The molecule has 0 aliphatic heterocycles. The summed E-state index contributed by atoms with van der Waals surface area (Å²) < 4.78 is 16.6. The molecule has 1 saturated carbocycles. The van der Waals surface area contributed by atoms with Crippen LogP contribution < -0.4 is 9.47 Å². The maximum absolute atomic E-state index is 11.3. The molecule has 1 fully saturated rings. The van der Waals surface area contributed by atoms with Crippen LogP contribution in [0.3, 0.4) is 0 Å². The van der Waals surface area contributed by atoms with E-state index in [1.165, 1.54) is 73.6 Å². The molecular weight excluding hydrogens is 536 g/mol. The molecule has 1 aliphatic carbocycles. The van der Waals surface area contributed by atoms with Gasteiger partial charge in [0, 0.05) is 6.08 Å². The molecule has 43 heavy (non-hydrogen) atoms. The van der Waals surface area contributed by atoms with Crippen molar-refractivity contribution in [2.75, 3.05) is 26.4 Å². The van der Waals surface area contributed by atoms with Gasteiger partial charge in [-0.1, -0.05) is 94.6 Å². The van der Waals surface area contributed by atoms with Crippen LogP contribution in [0.25, 0.3) is 22.3 Å². The number of aryl methyl sites for hydroxylation is 1. The fourth-order valence-electron chi connectivity index (χ4n) is 6.18. The van der Waals surface area contributed by atoms with Crippen molar-refractivity contribution in [3.05, 3.63) is 84.4 Å². The molecule has 0 unspecified atom stereocenters. The molecule has 3 aromatic rings. The number of unbranched alkanes of at least 4 members (excludes halogenated alkanes) is 2. The van der Waals surface area contributed by atoms with Gasteiger partial charge in [0.1, 0.15) is 19.8 Å². The van der Waals surface area contributed by atoms with Crippen LogP contribution >= 0.6 is 0 Å². The smallest absolute Gasteiger partial charge is 0.330 e. The van der Waals surface area contributed by atoms with Gasteiger partial charge in [-0.3, -0.25) is 0 Å². The average molecular weight is 585 g/mol. The number of rotatable bonds is 16. The number of aliphatic hydroxyl groups excluding tert-OH is 1. The highest BCUT2D eigenvalue weighted by Gasteiger charge is 2.22. The minimum absolute atomic E-state index is 0.0965. The molecule has 230 valence electrons. The molecule has 3 aromatic carbocycles. The number of hydrogen-bond donors (Lipinski definition) is 1. The van der Waals surface area contributed by atoms with Crippen molar-refractivity contribution < 1.29 is 24.1 Å². The van der Waals surface area contributed by atoms with Crippen molar-refractivity contribution in [3.63, 3.8) is 0 Å². The lowest BCUT2D eigenvalue weighted by Gasteiger charge is -2.29. The molecule has 1 aliphatic rings. The molecule has 0 heterocycles. The third-order valence-corrected chi connectivity index (χ3v) is 8.62. The highest BCUT2D eigenvalue weighted by atomic mass is 16.6. The Balaban J connectivity index is 1.46. The van der Waals surface area contributed by atoms with Crippen LogP contribution in [0.5, 0.6) is 11.5 Å². The fraction of sp³-hybridized carbons (Fsp3) is 0.447. The summed E-state index contributed by atoms with van der Waals surface area (Å²) >= 11 is 0. The Bertz CT molecular complexity index is 1300. The Hall–Kier alpha value is -3.57. The molecule has 5 nitrogen and oxygen atoms in total. The Morgan fingerprint density at radius 3 is 2.23 bits per heavy atom. The number of carbonyl (C=O) groups is 1. The van der Waals surface area contributed by atoms with Crippen LogP contribution in [0.4, 0.5) is 0 Å². The van der Waals surface area contributed by atoms with Gasteiger partial charge in [-0.25, -0.2) is 4.79 Å². The molecule has 0 bridgehead atoms. The number of ether oxygens (including phenoxy) is 3. The van der Waals surface area contributed by atoms with E-state index in [9.17, 15) is 9.90 Å². The van der Waals surface area contributed by atoms with Crippen molar-refractivity contribution in [1.29, 1.82) is 0 Å². The Labute approximate surface area is 257 Å². The lowest BCUT2D eigenvalue weighted by Crippen LogP contribution is -2.13. The van der Waals surface area contributed by atoms with Crippen molar-refractivity contribution in [2.24, 2.45) is 5.92 Å². The summed E-state index contributed by atoms with van der Waals surface area (Å²) in [5.74, 6) is 2.20. The zero-order valence-corrected chi connectivity index (χ0v) is 26.0. The van der Waals surface area contributed by atoms with Crippen LogP contribution in [0, 0.1) is 5.92 Å². The van der Waals surface area contributed by atoms with E-state index < -0.39 is 5.97 Å². The summed E-state index contributed by atoms with van der Waals surface area (Å²) in [6.45, 7) is 8.23. The normalized spacial score (nSPS) is 16.4. The third kappa shape index (κ3) is 9.21. The minimum Gasteiger partial charge on any atom is -0.487 e. The summed E-state index contributed by atoms with van der Waals surface area (Å²) in [5, 5.41) is 9.22. The van der Waals surface area contributed by atoms with Gasteiger partial charge in [0.2, 0.25) is 0 Å². The van der Waals surface area contributed by atoms with Gasteiger partial charge in [0.25, 0.3) is 0 Å². The molecule has 0 spiro atoms. The number of esters is 1. The predicted molar refractivity (Wildman–Crippen MR) is 175 cm³/mol. The molecule has 0 atom stereocenters. The average Bonchev–Trinajstić information content (AvgIpc) is 3.06. The SMILES string of the molecule is C=CC(=O)OCCOc1cc(-c2ccc(-c3ccc(C4CCC(CCCCC)CC4)cc3)c(CC)c2)ccc1OCCO. The second-order valence-electron chi connectivity index (χ2n) is 11.5. The summed E-state index contributed by atoms with van der Waals surface area (Å²) in [4.78, 5) is 11.3. The van der Waals surface area contributed by atoms with Gasteiger partial charge in [-0.05, 0) is 89.5 Å². The van der Waals surface area contributed by atoms with Gasteiger partial charge in [0.05, 0.1) is 6.61 Å². The summed E-state index contributed by atoms with van der Waals surface area (Å²) in [6, 6.07) is 21.7. The highest BCUT2D eigenvalue weighted by Crippen LogP contribution is 2.39. The summed E-state index contributed by atoms with van der Waals surface area (Å²) in [6.07, 6.45) is 12.9. The first kappa shape index (κ1) is 32.3. The van der Waals surface area contributed by atoms with E-state index in [0.717, 1.165) is 29.5 Å². The standard InChI is InChI=1S/C38H48O5/c1-4-7-8-9-28-10-12-30(13-11-28)31-14-16-32(17-15-31)35-20-18-33(26-29(35)5-2)34-19-21-36(41-23-22-39)37(27-34)42-24-25-43-38(40)6-3/h6,14-21,26-28,30,39H,3-5,7-13,22-25H2,1-2H3. The van der Waals surface area contributed by atoms with Crippen LogP contribution in [0.15, 0.2) is 73.3 Å². The third-order valence-electron chi connectivity index (χ3n) is 8.62. The molecule has 0 amide bonds. The molecule has 5 heteroatoms. The predicted octanol–water partition coefficient (Wildman–Crippen LogP) is 8.92. The van der Waals surface area contributed by atoms with E-state index in [1.54, 1.807) is 0 Å². The zero-order chi connectivity index (χ0) is 30.4. The maximum Gasteiger partial charge on any atom is 0.330 e. The first-order chi connectivity index (χ1) is 21.1. The van der Waals surface area contributed by atoms with Crippen molar-refractivity contribution in [2.45, 2.75) is 77.6 Å². The van der Waals surface area contributed by atoms with Gasteiger partial charge < -0.3 is 19.3 Å². The van der Waals surface area contributed by atoms with Crippen LogP contribution in [-0.4, -0.2) is 37.5 Å². The van der Waals surface area contributed by atoms with Crippen molar-refractivity contribution >= 4 is 5.97 Å². The maximum atomic E-state index is 11.3. The second-order valence-corrected chi connectivity index (χ2v) is 11.5. The van der Waals surface area contributed by atoms with Gasteiger partial charge in [-0.15, -0.1) is 0 Å². The molecule has 0 radical (unpaired) electrons. The lowest BCUT2D eigenvalue weighted by molar-refractivity contribution is -0.138. The molecule has 1 N–H and O–H groups in total. The zero-order valence-electron chi connectivity index (χ0n) is 26.0. The number of benzene rings is 3. The number of aliphatic hydroxyl groups is 1. The Morgan fingerprint density at radius 1 is 0.837 bits per heavy atom. The van der Waals surface area contributed by atoms with E-state index in [1.807, 2.05) is 18.2 Å². The second kappa shape index (κ2) is 16.9. The number of carbonyl (C=O) groups excluding carboxylic acids is 1. The quantitative estimate of drug-likeness (QED) is 0.103. The van der Waals surface area contributed by atoms with Crippen LogP contribution in [0.2, 0.25) is 0 Å². The van der Waals surface area contributed by atoms with Crippen molar-refractivity contribution in [3.8, 4) is 33.8 Å². The first-order valence-electron chi connectivity index (χ1n) is 16.1. The fourth-order valence-corrected chi connectivity index (χ4v) is 6.18. The summed E-state index contributed by atoms with van der Waals surface area (Å²) in [7, 11) is 0.